The SMILES string of the molecule is Cc1ccc2c(c1)C(=O)C(=O)N2CN(Cc1ccc(F)cc1)C1CC1. The van der Waals surface area contributed by atoms with Gasteiger partial charge in [-0.1, -0.05) is 23.8 Å². The van der Waals surface area contributed by atoms with Gasteiger partial charge in [0.2, 0.25) is 0 Å². The van der Waals surface area contributed by atoms with Crippen LogP contribution in [0.25, 0.3) is 0 Å². The molecule has 2 aromatic carbocycles. The van der Waals surface area contributed by atoms with Crippen molar-refractivity contribution in [2.45, 2.75) is 32.4 Å². The number of aryl methyl sites for hydroxylation is 1. The summed E-state index contributed by atoms with van der Waals surface area (Å²) in [4.78, 5) is 28.5. The number of halogens is 1. The first-order valence-corrected chi connectivity index (χ1v) is 8.48. The number of fused-ring (bicyclic) bond motifs is 1. The molecular formula is C20H19FN2O2. The zero-order valence-electron chi connectivity index (χ0n) is 14.0. The van der Waals surface area contributed by atoms with Crippen LogP contribution in [0.1, 0.15) is 34.3 Å². The highest BCUT2D eigenvalue weighted by molar-refractivity contribution is 6.52. The molecule has 1 aliphatic carbocycles. The van der Waals surface area contributed by atoms with Gasteiger partial charge in [0.05, 0.1) is 17.9 Å². The van der Waals surface area contributed by atoms with Crippen LogP contribution < -0.4 is 4.90 Å². The van der Waals surface area contributed by atoms with Gasteiger partial charge in [0, 0.05) is 12.6 Å². The molecule has 1 heterocycles. The quantitative estimate of drug-likeness (QED) is 0.786. The fourth-order valence-corrected chi connectivity index (χ4v) is 3.29. The third-order valence-electron chi connectivity index (χ3n) is 4.81. The minimum atomic E-state index is -0.467. The summed E-state index contributed by atoms with van der Waals surface area (Å²) in [5.74, 6) is -1.16. The minimum Gasteiger partial charge on any atom is -0.291 e. The Kier molecular flexibility index (Phi) is 3.88. The van der Waals surface area contributed by atoms with Crippen molar-refractivity contribution in [3.05, 3.63) is 65.0 Å². The number of hydrogen-bond donors (Lipinski definition) is 0. The van der Waals surface area contributed by atoms with E-state index in [1.165, 1.54) is 12.1 Å². The number of hydrogen-bond acceptors (Lipinski definition) is 3. The predicted octanol–water partition coefficient (Wildman–Crippen LogP) is 3.29. The maximum atomic E-state index is 13.1. The van der Waals surface area contributed by atoms with Crippen molar-refractivity contribution in [3.63, 3.8) is 0 Å². The highest BCUT2D eigenvalue weighted by Crippen LogP contribution is 2.33. The molecule has 0 aromatic heterocycles. The summed E-state index contributed by atoms with van der Waals surface area (Å²) in [6, 6.07) is 12.4. The first-order valence-electron chi connectivity index (χ1n) is 8.48. The van der Waals surface area contributed by atoms with Gasteiger partial charge in [-0.3, -0.25) is 19.4 Å². The van der Waals surface area contributed by atoms with Crippen LogP contribution in [0.3, 0.4) is 0 Å². The molecule has 0 bridgehead atoms. The molecule has 0 atom stereocenters. The lowest BCUT2D eigenvalue weighted by atomic mass is 10.1. The molecule has 0 radical (unpaired) electrons. The topological polar surface area (TPSA) is 40.6 Å². The molecule has 0 spiro atoms. The number of carbonyl (C=O) groups is 2. The average Bonchev–Trinajstić information content (AvgIpc) is 3.41. The second-order valence-electron chi connectivity index (χ2n) is 6.83. The monoisotopic (exact) mass is 338 g/mol. The van der Waals surface area contributed by atoms with E-state index in [4.69, 9.17) is 0 Å². The Morgan fingerprint density at radius 2 is 1.84 bits per heavy atom. The van der Waals surface area contributed by atoms with Gasteiger partial charge in [-0.25, -0.2) is 4.39 Å². The van der Waals surface area contributed by atoms with E-state index in [2.05, 4.69) is 4.90 Å². The highest BCUT2D eigenvalue weighted by Gasteiger charge is 2.39. The Labute approximate surface area is 145 Å². The average molecular weight is 338 g/mol. The summed E-state index contributed by atoms with van der Waals surface area (Å²) in [6.45, 7) is 2.92. The summed E-state index contributed by atoms with van der Waals surface area (Å²) < 4.78 is 13.1. The van der Waals surface area contributed by atoms with Crippen LogP contribution in [-0.2, 0) is 11.3 Å². The number of nitrogens with zero attached hydrogens (tertiary/aromatic N) is 2. The fraction of sp³-hybridized carbons (Fsp3) is 0.300. The van der Waals surface area contributed by atoms with Crippen molar-refractivity contribution < 1.29 is 14.0 Å². The van der Waals surface area contributed by atoms with Crippen molar-refractivity contribution in [1.29, 1.82) is 0 Å². The number of carbonyl (C=O) groups excluding carboxylic acids is 2. The predicted molar refractivity (Wildman–Crippen MR) is 92.8 cm³/mol. The largest absolute Gasteiger partial charge is 0.300 e. The summed E-state index contributed by atoms with van der Waals surface area (Å²) in [7, 11) is 0. The molecule has 25 heavy (non-hydrogen) atoms. The molecule has 1 aliphatic heterocycles. The molecular weight excluding hydrogens is 319 g/mol. The maximum Gasteiger partial charge on any atom is 0.300 e. The minimum absolute atomic E-state index is 0.258. The molecule has 2 aliphatic rings. The van der Waals surface area contributed by atoms with Crippen LogP contribution >= 0.6 is 0 Å². The molecule has 4 nitrogen and oxygen atoms in total. The third kappa shape index (κ3) is 3.07. The van der Waals surface area contributed by atoms with E-state index in [0.717, 1.165) is 24.0 Å². The Balaban J connectivity index is 1.58. The van der Waals surface area contributed by atoms with Crippen LogP contribution in [0.4, 0.5) is 10.1 Å². The van der Waals surface area contributed by atoms with Crippen LogP contribution in [0, 0.1) is 12.7 Å². The Hall–Kier alpha value is -2.53. The van der Waals surface area contributed by atoms with Gasteiger partial charge in [-0.05, 0) is 49.6 Å². The first-order chi connectivity index (χ1) is 12.0. The van der Waals surface area contributed by atoms with E-state index in [9.17, 15) is 14.0 Å². The Bertz CT molecular complexity index is 843. The molecule has 0 unspecified atom stereocenters. The molecule has 1 amide bonds. The fourth-order valence-electron chi connectivity index (χ4n) is 3.29. The maximum absolute atomic E-state index is 13.1. The lowest BCUT2D eigenvalue weighted by molar-refractivity contribution is -0.114. The first kappa shape index (κ1) is 16.0. The molecule has 2 aromatic rings. The second kappa shape index (κ2) is 6.08. The van der Waals surface area contributed by atoms with Crippen molar-refractivity contribution in [2.75, 3.05) is 11.6 Å². The second-order valence-corrected chi connectivity index (χ2v) is 6.83. The Morgan fingerprint density at radius 1 is 1.12 bits per heavy atom. The summed E-state index contributed by atoms with van der Waals surface area (Å²) in [5, 5.41) is 0. The molecule has 0 saturated heterocycles. The summed E-state index contributed by atoms with van der Waals surface area (Å²) in [6.07, 6.45) is 2.16. The standard InChI is InChI=1S/C20H19FN2O2/c1-13-2-9-18-17(10-13)19(24)20(25)23(18)12-22(16-7-8-16)11-14-3-5-15(21)6-4-14/h2-6,9-10,16H,7-8,11-12H2,1H3. The lowest BCUT2D eigenvalue weighted by Gasteiger charge is -2.28. The van der Waals surface area contributed by atoms with Crippen molar-refractivity contribution >= 4 is 17.4 Å². The van der Waals surface area contributed by atoms with E-state index < -0.39 is 11.7 Å². The molecule has 128 valence electrons. The van der Waals surface area contributed by atoms with Gasteiger partial charge in [0.15, 0.2) is 0 Å². The zero-order chi connectivity index (χ0) is 17.6. The van der Waals surface area contributed by atoms with Gasteiger partial charge >= 0.3 is 5.91 Å². The van der Waals surface area contributed by atoms with Crippen molar-refractivity contribution in [1.82, 2.24) is 4.90 Å². The van der Waals surface area contributed by atoms with E-state index >= 15 is 0 Å². The van der Waals surface area contributed by atoms with E-state index in [-0.39, 0.29) is 5.82 Å². The van der Waals surface area contributed by atoms with Gasteiger partial charge in [-0.15, -0.1) is 0 Å². The molecule has 1 fully saturated rings. The van der Waals surface area contributed by atoms with Crippen LogP contribution in [0.2, 0.25) is 0 Å². The van der Waals surface area contributed by atoms with E-state index in [1.54, 1.807) is 23.1 Å². The van der Waals surface area contributed by atoms with Gasteiger partial charge in [-0.2, -0.15) is 0 Å². The molecule has 4 rings (SSSR count). The Morgan fingerprint density at radius 3 is 2.52 bits per heavy atom. The number of anilines is 1. The third-order valence-corrected chi connectivity index (χ3v) is 4.81. The van der Waals surface area contributed by atoms with Gasteiger partial charge < -0.3 is 0 Å². The number of benzene rings is 2. The molecule has 1 saturated carbocycles. The van der Waals surface area contributed by atoms with Crippen molar-refractivity contribution in [2.24, 2.45) is 0 Å². The lowest BCUT2D eigenvalue weighted by Crippen LogP contribution is -2.41. The number of Topliss-reactive ketones (excluding diaryl/α,β-unsaturated/α-hetero) is 1. The zero-order valence-corrected chi connectivity index (χ0v) is 14.0. The van der Waals surface area contributed by atoms with E-state index in [0.29, 0.717) is 30.5 Å². The van der Waals surface area contributed by atoms with Crippen molar-refractivity contribution in [3.8, 4) is 0 Å². The smallest absolute Gasteiger partial charge is 0.291 e. The number of rotatable bonds is 5. The summed E-state index contributed by atoms with van der Waals surface area (Å²) >= 11 is 0. The van der Waals surface area contributed by atoms with Crippen LogP contribution in [0.5, 0.6) is 0 Å². The summed E-state index contributed by atoms with van der Waals surface area (Å²) in [5.41, 5.74) is 3.13. The highest BCUT2D eigenvalue weighted by atomic mass is 19.1. The van der Waals surface area contributed by atoms with Gasteiger partial charge in [0.1, 0.15) is 5.82 Å². The number of ketones is 1. The molecule has 5 heteroatoms. The molecule has 0 N–H and O–H groups in total. The normalized spacial score (nSPS) is 16.7. The van der Waals surface area contributed by atoms with Crippen LogP contribution in [-0.4, -0.2) is 29.3 Å². The van der Waals surface area contributed by atoms with Crippen LogP contribution in [0.15, 0.2) is 42.5 Å². The van der Waals surface area contributed by atoms with E-state index in [1.807, 2.05) is 19.1 Å². The number of amides is 1. The van der Waals surface area contributed by atoms with Gasteiger partial charge in [0.25, 0.3) is 5.78 Å².